The molecule has 0 bridgehead atoms. The number of unbranched alkanes of at least 4 members (excludes halogenated alkanes) is 12. The highest BCUT2D eigenvalue weighted by Gasteiger charge is 2.21. The maximum atomic E-state index is 9.89. The Morgan fingerprint density at radius 2 is 0.762 bits per heavy atom. The smallest absolute Gasteiger partial charge is 0.162 e. The Hall–Kier alpha value is -0.0800. The van der Waals surface area contributed by atoms with Gasteiger partial charge in [-0.25, -0.2) is 0 Å². The van der Waals surface area contributed by atoms with Gasteiger partial charge in [0, 0.05) is 12.8 Å². The van der Waals surface area contributed by atoms with Gasteiger partial charge >= 0.3 is 0 Å². The van der Waals surface area contributed by atoms with Crippen molar-refractivity contribution in [3.8, 4) is 0 Å². The maximum Gasteiger partial charge on any atom is 0.162 e. The molecule has 128 valence electrons. The van der Waals surface area contributed by atoms with E-state index in [2.05, 4.69) is 13.8 Å². The monoisotopic (exact) mass is 300 g/mol. The lowest BCUT2D eigenvalue weighted by atomic mass is 9.99. The van der Waals surface area contributed by atoms with E-state index in [1.54, 1.807) is 0 Å². The van der Waals surface area contributed by atoms with Crippen LogP contribution in [0, 0.1) is 0 Å². The van der Waals surface area contributed by atoms with Crippen LogP contribution in [0.1, 0.15) is 117 Å². The van der Waals surface area contributed by atoms with Crippen LogP contribution < -0.4 is 0 Å². The summed E-state index contributed by atoms with van der Waals surface area (Å²) in [4.78, 5) is 0. The predicted octanol–water partition coefficient (Wildman–Crippen LogP) is 5.95. The molecule has 0 radical (unpaired) electrons. The number of hydrogen-bond acceptors (Lipinski definition) is 2. The van der Waals surface area contributed by atoms with E-state index in [1.165, 1.54) is 64.2 Å². The first kappa shape index (κ1) is 20.9. The van der Waals surface area contributed by atoms with Crippen molar-refractivity contribution in [2.75, 3.05) is 0 Å². The van der Waals surface area contributed by atoms with Gasteiger partial charge in [-0.05, 0) is 12.8 Å². The average Bonchev–Trinajstić information content (AvgIpc) is 2.45. The maximum absolute atomic E-state index is 9.89. The molecular formula is C19H40O2. The molecule has 0 saturated carbocycles. The van der Waals surface area contributed by atoms with Gasteiger partial charge in [-0.3, -0.25) is 0 Å². The van der Waals surface area contributed by atoms with Gasteiger partial charge in [-0.2, -0.15) is 0 Å². The Morgan fingerprint density at radius 3 is 1.14 bits per heavy atom. The minimum Gasteiger partial charge on any atom is -0.366 e. The third-order valence-electron chi connectivity index (χ3n) is 4.36. The van der Waals surface area contributed by atoms with Gasteiger partial charge in [0.1, 0.15) is 0 Å². The lowest BCUT2D eigenvalue weighted by Gasteiger charge is -2.21. The van der Waals surface area contributed by atoms with Gasteiger partial charge < -0.3 is 10.2 Å². The standard InChI is InChI=1S/C19H40O2/c1-3-5-7-9-10-11-12-13-14-16-18-19(20,21)17-15-8-6-4-2/h20-21H,3-18H2,1-2H3. The Balaban J connectivity index is 3.28. The summed E-state index contributed by atoms with van der Waals surface area (Å²) >= 11 is 0. The molecule has 0 saturated heterocycles. The predicted molar refractivity (Wildman–Crippen MR) is 92.4 cm³/mol. The molecule has 2 heteroatoms. The molecule has 0 atom stereocenters. The van der Waals surface area contributed by atoms with Gasteiger partial charge in [0.05, 0.1) is 0 Å². The first-order valence-corrected chi connectivity index (χ1v) is 9.57. The highest BCUT2D eigenvalue weighted by atomic mass is 16.5. The van der Waals surface area contributed by atoms with Crippen molar-refractivity contribution in [3.63, 3.8) is 0 Å². The van der Waals surface area contributed by atoms with Crippen molar-refractivity contribution < 1.29 is 10.2 Å². The number of rotatable bonds is 16. The highest BCUT2D eigenvalue weighted by Crippen LogP contribution is 2.20. The molecule has 0 unspecified atom stereocenters. The summed E-state index contributed by atoms with van der Waals surface area (Å²) in [5.74, 6) is -1.41. The van der Waals surface area contributed by atoms with E-state index in [1.807, 2.05) is 0 Å². The van der Waals surface area contributed by atoms with Crippen LogP contribution in [0.4, 0.5) is 0 Å². The van der Waals surface area contributed by atoms with Gasteiger partial charge in [0.15, 0.2) is 5.79 Å². The van der Waals surface area contributed by atoms with Crippen molar-refractivity contribution in [1.82, 2.24) is 0 Å². The molecule has 0 aliphatic heterocycles. The SMILES string of the molecule is CCCCCCCCCCCCC(O)(O)CCCCCC. The molecule has 0 aliphatic carbocycles. The lowest BCUT2D eigenvalue weighted by Crippen LogP contribution is -2.27. The quantitative estimate of drug-likeness (QED) is 0.273. The van der Waals surface area contributed by atoms with E-state index in [9.17, 15) is 10.2 Å². The van der Waals surface area contributed by atoms with E-state index < -0.39 is 5.79 Å². The van der Waals surface area contributed by atoms with E-state index in [-0.39, 0.29) is 0 Å². The molecule has 0 aromatic carbocycles. The molecule has 0 aromatic heterocycles. The van der Waals surface area contributed by atoms with Crippen molar-refractivity contribution >= 4 is 0 Å². The molecule has 2 nitrogen and oxygen atoms in total. The molecule has 0 heterocycles. The second-order valence-corrected chi connectivity index (χ2v) is 6.73. The molecule has 0 amide bonds. The van der Waals surface area contributed by atoms with Crippen LogP contribution in [0.25, 0.3) is 0 Å². The number of aliphatic hydroxyl groups is 2. The van der Waals surface area contributed by atoms with Crippen molar-refractivity contribution in [2.24, 2.45) is 0 Å². The summed E-state index contributed by atoms with van der Waals surface area (Å²) in [5, 5.41) is 19.8. The van der Waals surface area contributed by atoms with Crippen LogP contribution in [-0.4, -0.2) is 16.0 Å². The molecule has 2 N–H and O–H groups in total. The van der Waals surface area contributed by atoms with Crippen LogP contribution >= 0.6 is 0 Å². The zero-order valence-electron chi connectivity index (χ0n) is 14.7. The summed E-state index contributed by atoms with van der Waals surface area (Å²) in [5.41, 5.74) is 0. The van der Waals surface area contributed by atoms with Crippen molar-refractivity contribution in [3.05, 3.63) is 0 Å². The summed E-state index contributed by atoms with van der Waals surface area (Å²) in [6, 6.07) is 0. The molecule has 0 aromatic rings. The first-order chi connectivity index (χ1) is 10.1. The van der Waals surface area contributed by atoms with E-state index >= 15 is 0 Å². The second-order valence-electron chi connectivity index (χ2n) is 6.73. The van der Waals surface area contributed by atoms with Crippen LogP contribution in [0.15, 0.2) is 0 Å². The van der Waals surface area contributed by atoms with Crippen LogP contribution in [0.3, 0.4) is 0 Å². The zero-order valence-corrected chi connectivity index (χ0v) is 14.7. The average molecular weight is 301 g/mol. The summed E-state index contributed by atoms with van der Waals surface area (Å²) in [6.45, 7) is 4.43. The molecule has 0 spiro atoms. The van der Waals surface area contributed by atoms with Crippen molar-refractivity contribution in [2.45, 2.75) is 122 Å². The van der Waals surface area contributed by atoms with E-state index in [0.717, 1.165) is 25.7 Å². The van der Waals surface area contributed by atoms with Crippen LogP contribution in [-0.2, 0) is 0 Å². The topological polar surface area (TPSA) is 40.5 Å². The zero-order chi connectivity index (χ0) is 15.8. The fourth-order valence-corrected chi connectivity index (χ4v) is 2.86. The fourth-order valence-electron chi connectivity index (χ4n) is 2.86. The second kappa shape index (κ2) is 14.8. The Bertz CT molecular complexity index is 202. The molecule has 21 heavy (non-hydrogen) atoms. The number of hydrogen-bond donors (Lipinski definition) is 2. The Morgan fingerprint density at radius 1 is 0.476 bits per heavy atom. The van der Waals surface area contributed by atoms with Crippen LogP contribution in [0.5, 0.6) is 0 Å². The summed E-state index contributed by atoms with van der Waals surface area (Å²) in [6.07, 6.45) is 18.4. The highest BCUT2D eigenvalue weighted by molar-refractivity contribution is 4.65. The van der Waals surface area contributed by atoms with E-state index in [4.69, 9.17) is 0 Å². The Kier molecular flexibility index (Phi) is 14.8. The third-order valence-corrected chi connectivity index (χ3v) is 4.36. The minimum absolute atomic E-state index is 0.546. The minimum atomic E-state index is -1.41. The van der Waals surface area contributed by atoms with Crippen molar-refractivity contribution in [1.29, 1.82) is 0 Å². The first-order valence-electron chi connectivity index (χ1n) is 9.57. The molecule has 0 rings (SSSR count). The normalized spacial score (nSPS) is 12.0. The molecule has 0 aliphatic rings. The van der Waals surface area contributed by atoms with Gasteiger partial charge in [-0.1, -0.05) is 90.9 Å². The third kappa shape index (κ3) is 16.1. The summed E-state index contributed by atoms with van der Waals surface area (Å²) in [7, 11) is 0. The van der Waals surface area contributed by atoms with Gasteiger partial charge in [0.25, 0.3) is 0 Å². The van der Waals surface area contributed by atoms with Crippen LogP contribution in [0.2, 0.25) is 0 Å². The van der Waals surface area contributed by atoms with Gasteiger partial charge in [-0.15, -0.1) is 0 Å². The summed E-state index contributed by atoms with van der Waals surface area (Å²) < 4.78 is 0. The van der Waals surface area contributed by atoms with E-state index in [0.29, 0.717) is 12.8 Å². The largest absolute Gasteiger partial charge is 0.366 e. The lowest BCUT2D eigenvalue weighted by molar-refractivity contribution is -0.172. The Labute approximate surface area is 133 Å². The van der Waals surface area contributed by atoms with Gasteiger partial charge in [0.2, 0.25) is 0 Å². The molecule has 0 fully saturated rings. The fraction of sp³-hybridized carbons (Fsp3) is 1.00. The molecular weight excluding hydrogens is 260 g/mol.